The normalized spacial score (nSPS) is 18.4. The van der Waals surface area contributed by atoms with E-state index in [9.17, 15) is 4.79 Å². The van der Waals surface area contributed by atoms with Gasteiger partial charge in [0.1, 0.15) is 23.7 Å². The molecule has 1 fully saturated rings. The molecule has 36 heavy (non-hydrogen) atoms. The van der Waals surface area contributed by atoms with Gasteiger partial charge in [0.15, 0.2) is 0 Å². The quantitative estimate of drug-likeness (QED) is 0.489. The first-order chi connectivity index (χ1) is 17.4. The van der Waals surface area contributed by atoms with E-state index < -0.39 is 0 Å². The molecule has 1 unspecified atom stereocenters. The van der Waals surface area contributed by atoms with E-state index in [0.717, 1.165) is 44.9 Å². The second-order valence-corrected chi connectivity index (χ2v) is 9.94. The monoisotopic (exact) mass is 490 g/mol. The molecule has 7 nitrogen and oxygen atoms in total. The number of anilines is 1. The van der Waals surface area contributed by atoms with Gasteiger partial charge in [0.2, 0.25) is 0 Å². The van der Waals surface area contributed by atoms with Gasteiger partial charge in [-0.2, -0.15) is 0 Å². The molecular formula is C29H38N4O3. The van der Waals surface area contributed by atoms with E-state index >= 15 is 0 Å². The number of likely N-dealkylation sites (N-methyl/N-ethyl adjacent to an activating group) is 1. The Morgan fingerprint density at radius 2 is 1.94 bits per heavy atom. The number of ether oxygens (including phenoxy) is 2. The van der Waals surface area contributed by atoms with Crippen molar-refractivity contribution in [3.8, 4) is 5.75 Å². The lowest BCUT2D eigenvalue weighted by molar-refractivity contribution is 0.0378. The molecule has 0 saturated carbocycles. The summed E-state index contributed by atoms with van der Waals surface area (Å²) in [6, 6.07) is 12.4. The standard InChI is InChI=1S/C29H38N4O3/c1-22(2)36-29(34)27-12-7-13-30-28(27)33-16-14-32(15-17-33)20-23-8-6-11-26(19-23)35-21-24-9-5-10-25(18-24)31(3)4/h5-9,11-13,18-19,22,25H,10,14-17,20-21H2,1-4H3. The van der Waals surface area contributed by atoms with Crippen LogP contribution in [0, 0.1) is 0 Å². The number of pyridine rings is 1. The fourth-order valence-electron chi connectivity index (χ4n) is 4.55. The molecule has 1 aliphatic carbocycles. The van der Waals surface area contributed by atoms with Crippen LogP contribution in [0.5, 0.6) is 5.75 Å². The first-order valence-corrected chi connectivity index (χ1v) is 12.8. The first kappa shape index (κ1) is 25.9. The Bertz CT molecular complexity index is 1090. The van der Waals surface area contributed by atoms with E-state index in [-0.39, 0.29) is 12.1 Å². The van der Waals surface area contributed by atoms with Crippen molar-refractivity contribution in [3.05, 3.63) is 77.5 Å². The molecule has 0 N–H and O–H groups in total. The van der Waals surface area contributed by atoms with Crippen molar-refractivity contribution >= 4 is 11.8 Å². The summed E-state index contributed by atoms with van der Waals surface area (Å²) in [7, 11) is 4.22. The Kier molecular flexibility index (Phi) is 8.78. The largest absolute Gasteiger partial charge is 0.489 e. The van der Waals surface area contributed by atoms with Crippen molar-refractivity contribution in [1.29, 1.82) is 0 Å². The van der Waals surface area contributed by atoms with Gasteiger partial charge >= 0.3 is 5.97 Å². The van der Waals surface area contributed by atoms with Crippen LogP contribution in [0.25, 0.3) is 0 Å². The highest BCUT2D eigenvalue weighted by Crippen LogP contribution is 2.22. The Balaban J connectivity index is 1.31. The SMILES string of the molecule is CC(C)OC(=O)c1cccnc1N1CCN(Cc2cccc(OCC3=CC(N(C)C)CC=C3)c2)CC1. The van der Waals surface area contributed by atoms with Crippen LogP contribution in [0.3, 0.4) is 0 Å². The van der Waals surface area contributed by atoms with Crippen molar-refractivity contribution in [2.24, 2.45) is 0 Å². The average Bonchev–Trinajstić information content (AvgIpc) is 2.88. The zero-order valence-electron chi connectivity index (χ0n) is 21.9. The number of hydrogen-bond acceptors (Lipinski definition) is 7. The van der Waals surface area contributed by atoms with Crippen LogP contribution >= 0.6 is 0 Å². The van der Waals surface area contributed by atoms with Gasteiger partial charge in [0, 0.05) is 45.0 Å². The van der Waals surface area contributed by atoms with Crippen molar-refractivity contribution < 1.29 is 14.3 Å². The van der Waals surface area contributed by atoms with Crippen LogP contribution in [0.15, 0.2) is 66.4 Å². The molecule has 2 aliphatic rings. The second kappa shape index (κ2) is 12.2. The minimum Gasteiger partial charge on any atom is -0.489 e. The van der Waals surface area contributed by atoms with Crippen molar-refractivity contribution in [2.75, 3.05) is 51.8 Å². The summed E-state index contributed by atoms with van der Waals surface area (Å²) in [6.45, 7) is 8.56. The predicted octanol–water partition coefficient (Wildman–Crippen LogP) is 4.16. The van der Waals surface area contributed by atoms with Gasteiger partial charge in [-0.25, -0.2) is 9.78 Å². The van der Waals surface area contributed by atoms with Gasteiger partial charge < -0.3 is 19.3 Å². The van der Waals surface area contributed by atoms with Crippen molar-refractivity contribution in [3.63, 3.8) is 0 Å². The Labute approximate surface area is 215 Å². The molecule has 2 heterocycles. The van der Waals surface area contributed by atoms with Crippen LogP contribution in [0.4, 0.5) is 5.82 Å². The smallest absolute Gasteiger partial charge is 0.342 e. The topological polar surface area (TPSA) is 58.1 Å². The third-order valence-corrected chi connectivity index (χ3v) is 6.51. The van der Waals surface area contributed by atoms with E-state index in [1.54, 1.807) is 18.3 Å². The minimum absolute atomic E-state index is 0.159. The molecule has 1 aromatic carbocycles. The molecule has 192 valence electrons. The highest BCUT2D eigenvalue weighted by Gasteiger charge is 2.24. The summed E-state index contributed by atoms with van der Waals surface area (Å²) in [4.78, 5) is 23.9. The number of esters is 1. The number of rotatable bonds is 9. The lowest BCUT2D eigenvalue weighted by atomic mass is 10.0. The number of carbonyl (C=O) groups is 1. The van der Waals surface area contributed by atoms with Crippen LogP contribution in [0.1, 0.15) is 36.2 Å². The summed E-state index contributed by atoms with van der Waals surface area (Å²) in [5.74, 6) is 1.29. The van der Waals surface area contributed by atoms with Gasteiger partial charge in [-0.15, -0.1) is 0 Å². The number of hydrogen-bond donors (Lipinski definition) is 0. The minimum atomic E-state index is -0.316. The van der Waals surface area contributed by atoms with Crippen molar-refractivity contribution in [1.82, 2.24) is 14.8 Å². The highest BCUT2D eigenvalue weighted by molar-refractivity contribution is 5.94. The molecule has 1 atom stereocenters. The van der Waals surface area contributed by atoms with Crippen LogP contribution in [-0.4, -0.2) is 79.8 Å². The summed E-state index contributed by atoms with van der Waals surface area (Å²) in [5.41, 5.74) is 2.98. The summed E-state index contributed by atoms with van der Waals surface area (Å²) in [6.07, 6.45) is 9.30. The molecule has 1 aliphatic heterocycles. The Morgan fingerprint density at radius 1 is 1.14 bits per heavy atom. The fourth-order valence-corrected chi connectivity index (χ4v) is 4.55. The van der Waals surface area contributed by atoms with Crippen molar-refractivity contribution in [2.45, 2.75) is 39.0 Å². The molecule has 0 amide bonds. The Hall–Kier alpha value is -3.16. The van der Waals surface area contributed by atoms with Gasteiger partial charge in [-0.1, -0.05) is 30.4 Å². The van der Waals surface area contributed by atoms with Crippen LogP contribution in [-0.2, 0) is 11.3 Å². The summed E-state index contributed by atoms with van der Waals surface area (Å²) >= 11 is 0. The molecule has 4 rings (SSSR count). The molecular weight excluding hydrogens is 452 g/mol. The first-order valence-electron chi connectivity index (χ1n) is 12.8. The summed E-state index contributed by atoms with van der Waals surface area (Å²) < 4.78 is 11.5. The molecule has 7 heteroatoms. The van der Waals surface area contributed by atoms with Crippen LogP contribution in [0.2, 0.25) is 0 Å². The predicted molar refractivity (Wildman–Crippen MR) is 144 cm³/mol. The average molecular weight is 491 g/mol. The molecule has 0 bridgehead atoms. The maximum atomic E-state index is 12.5. The number of carbonyl (C=O) groups excluding carboxylic acids is 1. The van der Waals surface area contributed by atoms with E-state index in [1.165, 1.54) is 11.1 Å². The number of nitrogens with zero attached hydrogens (tertiary/aromatic N) is 4. The third-order valence-electron chi connectivity index (χ3n) is 6.51. The second-order valence-electron chi connectivity index (χ2n) is 9.94. The van der Waals surface area contributed by atoms with E-state index in [2.05, 4.69) is 70.2 Å². The zero-order chi connectivity index (χ0) is 25.5. The van der Waals surface area contributed by atoms with E-state index in [1.807, 2.05) is 19.9 Å². The van der Waals surface area contributed by atoms with Gasteiger partial charge in [0.25, 0.3) is 0 Å². The molecule has 2 aromatic rings. The number of piperazine rings is 1. The zero-order valence-corrected chi connectivity index (χ0v) is 21.9. The maximum Gasteiger partial charge on any atom is 0.342 e. The van der Waals surface area contributed by atoms with Gasteiger partial charge in [-0.3, -0.25) is 4.90 Å². The van der Waals surface area contributed by atoms with E-state index in [4.69, 9.17) is 9.47 Å². The molecule has 1 aromatic heterocycles. The third kappa shape index (κ3) is 6.95. The van der Waals surface area contributed by atoms with Gasteiger partial charge in [-0.05, 0) is 69.8 Å². The van der Waals surface area contributed by atoms with E-state index in [0.29, 0.717) is 24.0 Å². The molecule has 0 spiro atoms. The lowest BCUT2D eigenvalue weighted by Crippen LogP contribution is -2.46. The maximum absolute atomic E-state index is 12.5. The number of aromatic nitrogens is 1. The van der Waals surface area contributed by atoms with Gasteiger partial charge in [0.05, 0.1) is 6.10 Å². The van der Waals surface area contributed by atoms with Crippen LogP contribution < -0.4 is 9.64 Å². The highest BCUT2D eigenvalue weighted by atomic mass is 16.5. The number of benzene rings is 1. The fraction of sp³-hybridized carbons (Fsp3) is 0.448. The summed E-state index contributed by atoms with van der Waals surface area (Å²) in [5, 5.41) is 0. The molecule has 0 radical (unpaired) electrons. The lowest BCUT2D eigenvalue weighted by Gasteiger charge is -2.36. The Morgan fingerprint density at radius 3 is 2.69 bits per heavy atom. The molecule has 1 saturated heterocycles.